The fraction of sp³-hybridized carbons (Fsp3) is 0.600. The molecule has 2 amide bonds. The molecule has 1 aliphatic carbocycles. The largest absolute Gasteiger partial charge is 0.491 e. The molecule has 6 heteroatoms. The molecular formula is C20H28N2O4. The van der Waals surface area contributed by atoms with Gasteiger partial charge in [-0.15, -0.1) is 0 Å². The van der Waals surface area contributed by atoms with Gasteiger partial charge in [-0.1, -0.05) is 18.9 Å². The monoisotopic (exact) mass is 360 g/mol. The fourth-order valence-electron chi connectivity index (χ4n) is 3.46. The van der Waals surface area contributed by atoms with Crippen LogP contribution in [0.3, 0.4) is 0 Å². The summed E-state index contributed by atoms with van der Waals surface area (Å²) in [4.78, 5) is 24.5. The van der Waals surface area contributed by atoms with Crippen LogP contribution in [0.25, 0.3) is 0 Å². The summed E-state index contributed by atoms with van der Waals surface area (Å²) in [7, 11) is 0. The van der Waals surface area contributed by atoms with Crippen molar-refractivity contribution in [3.8, 4) is 5.75 Å². The first-order chi connectivity index (χ1) is 12.6. The predicted octanol–water partition coefficient (Wildman–Crippen LogP) is 2.88. The van der Waals surface area contributed by atoms with Crippen molar-refractivity contribution in [2.75, 3.05) is 18.5 Å². The zero-order chi connectivity index (χ0) is 18.4. The molecule has 1 aliphatic heterocycles. The highest BCUT2D eigenvalue weighted by atomic mass is 16.5. The number of ether oxygens (including phenoxy) is 2. The Balaban J connectivity index is 1.48. The summed E-state index contributed by atoms with van der Waals surface area (Å²) in [6.07, 6.45) is 6.28. The first kappa shape index (κ1) is 18.7. The molecule has 6 nitrogen and oxygen atoms in total. The molecule has 1 aromatic rings. The third kappa shape index (κ3) is 5.21. The first-order valence-corrected chi connectivity index (χ1v) is 9.57. The van der Waals surface area contributed by atoms with Crippen molar-refractivity contribution in [2.24, 2.45) is 5.92 Å². The Morgan fingerprint density at radius 1 is 1.23 bits per heavy atom. The number of carbonyl (C=O) groups is 2. The lowest BCUT2D eigenvalue weighted by Gasteiger charge is -2.17. The molecule has 1 heterocycles. The molecule has 1 aromatic carbocycles. The third-order valence-electron chi connectivity index (χ3n) is 5.04. The Kier molecular flexibility index (Phi) is 6.50. The topological polar surface area (TPSA) is 76.7 Å². The van der Waals surface area contributed by atoms with E-state index in [2.05, 4.69) is 10.6 Å². The van der Waals surface area contributed by atoms with E-state index in [9.17, 15) is 9.59 Å². The maximum absolute atomic E-state index is 12.4. The summed E-state index contributed by atoms with van der Waals surface area (Å²) in [5.41, 5.74) is 0.654. The molecule has 3 rings (SSSR count). The maximum atomic E-state index is 12.4. The van der Waals surface area contributed by atoms with Gasteiger partial charge in [0.15, 0.2) is 0 Å². The van der Waals surface area contributed by atoms with Crippen molar-refractivity contribution in [2.45, 2.75) is 57.6 Å². The second kappa shape index (κ2) is 9.03. The minimum atomic E-state index is -0.570. The third-order valence-corrected chi connectivity index (χ3v) is 5.04. The number of rotatable bonds is 7. The van der Waals surface area contributed by atoms with Crippen LogP contribution in [0.15, 0.2) is 24.3 Å². The Morgan fingerprint density at radius 2 is 2.04 bits per heavy atom. The van der Waals surface area contributed by atoms with E-state index in [1.54, 1.807) is 13.0 Å². The van der Waals surface area contributed by atoms with Crippen LogP contribution in [0.5, 0.6) is 5.75 Å². The van der Waals surface area contributed by atoms with Gasteiger partial charge in [0.1, 0.15) is 18.4 Å². The van der Waals surface area contributed by atoms with Crippen LogP contribution in [0.2, 0.25) is 0 Å². The molecule has 0 radical (unpaired) electrons. The summed E-state index contributed by atoms with van der Waals surface area (Å²) in [6.45, 7) is 3.03. The van der Waals surface area contributed by atoms with Crippen LogP contribution < -0.4 is 15.4 Å². The number of nitrogens with one attached hydrogen (secondary N) is 2. The van der Waals surface area contributed by atoms with Crippen molar-refractivity contribution >= 4 is 17.5 Å². The van der Waals surface area contributed by atoms with Crippen molar-refractivity contribution in [3.05, 3.63) is 24.3 Å². The highest BCUT2D eigenvalue weighted by Gasteiger charge is 2.25. The number of carbonyl (C=O) groups excluding carboxylic acids is 2. The predicted molar refractivity (Wildman–Crippen MR) is 99.1 cm³/mol. The number of hydrogen-bond acceptors (Lipinski definition) is 4. The molecule has 2 fully saturated rings. The number of benzene rings is 1. The van der Waals surface area contributed by atoms with Crippen LogP contribution in [0.1, 0.15) is 45.4 Å². The highest BCUT2D eigenvalue weighted by molar-refractivity contribution is 5.97. The zero-order valence-corrected chi connectivity index (χ0v) is 15.3. The average Bonchev–Trinajstić information content (AvgIpc) is 3.34. The van der Waals surface area contributed by atoms with Gasteiger partial charge in [0.25, 0.3) is 0 Å². The quantitative estimate of drug-likeness (QED) is 0.784. The summed E-state index contributed by atoms with van der Waals surface area (Å²) in [5.74, 6) is 0.507. The van der Waals surface area contributed by atoms with Crippen molar-refractivity contribution in [1.82, 2.24) is 5.32 Å². The Labute approximate surface area is 154 Å². The van der Waals surface area contributed by atoms with Gasteiger partial charge >= 0.3 is 0 Å². The summed E-state index contributed by atoms with van der Waals surface area (Å²) < 4.78 is 11.3. The molecule has 0 spiro atoms. The second-order valence-corrected chi connectivity index (χ2v) is 7.17. The van der Waals surface area contributed by atoms with E-state index in [0.29, 0.717) is 18.0 Å². The molecule has 1 saturated heterocycles. The average molecular weight is 360 g/mol. The maximum Gasteiger partial charge on any atom is 0.246 e. The van der Waals surface area contributed by atoms with Crippen LogP contribution in [0, 0.1) is 5.92 Å². The summed E-state index contributed by atoms with van der Waals surface area (Å²) in [5, 5.41) is 5.66. The lowest BCUT2D eigenvalue weighted by Crippen LogP contribution is -2.43. The molecule has 2 atom stereocenters. The van der Waals surface area contributed by atoms with Crippen molar-refractivity contribution < 1.29 is 19.1 Å². The molecule has 2 N–H and O–H groups in total. The Morgan fingerprint density at radius 3 is 2.77 bits per heavy atom. The van der Waals surface area contributed by atoms with E-state index in [1.165, 1.54) is 0 Å². The van der Waals surface area contributed by atoms with Crippen LogP contribution >= 0.6 is 0 Å². The summed E-state index contributed by atoms with van der Waals surface area (Å²) >= 11 is 0. The van der Waals surface area contributed by atoms with Gasteiger partial charge in [0, 0.05) is 24.3 Å². The van der Waals surface area contributed by atoms with Gasteiger partial charge in [-0.2, -0.15) is 0 Å². The van der Waals surface area contributed by atoms with Gasteiger partial charge in [-0.25, -0.2) is 0 Å². The van der Waals surface area contributed by atoms with E-state index < -0.39 is 6.04 Å². The van der Waals surface area contributed by atoms with Gasteiger partial charge in [0.05, 0.1) is 6.10 Å². The van der Waals surface area contributed by atoms with Gasteiger partial charge in [0.2, 0.25) is 11.8 Å². The molecule has 26 heavy (non-hydrogen) atoms. The molecule has 142 valence electrons. The minimum absolute atomic E-state index is 0.0150. The standard InChI is InChI=1S/C20H28N2O4/c1-14(21-20(24)15-6-2-3-7-15)19(23)22-16-8-4-9-17(12-16)26-13-18-10-5-11-25-18/h4,8-9,12,14-15,18H,2-3,5-7,10-11,13H2,1H3,(H,21,24)(H,22,23)/t14-,18-/m0/s1. The van der Waals surface area contributed by atoms with E-state index in [4.69, 9.17) is 9.47 Å². The van der Waals surface area contributed by atoms with Crippen molar-refractivity contribution in [3.63, 3.8) is 0 Å². The van der Waals surface area contributed by atoms with Gasteiger partial charge in [-0.05, 0) is 44.7 Å². The molecule has 2 aliphatic rings. The van der Waals surface area contributed by atoms with Gasteiger partial charge in [-0.3, -0.25) is 9.59 Å². The molecule has 0 bridgehead atoms. The zero-order valence-electron chi connectivity index (χ0n) is 15.3. The van der Waals surface area contributed by atoms with Crippen LogP contribution in [-0.4, -0.2) is 37.2 Å². The van der Waals surface area contributed by atoms with Crippen LogP contribution in [-0.2, 0) is 14.3 Å². The lowest BCUT2D eigenvalue weighted by atomic mass is 10.1. The summed E-state index contributed by atoms with van der Waals surface area (Å²) in [6, 6.07) is 6.72. The molecule has 0 aromatic heterocycles. The molecule has 1 saturated carbocycles. The molecule has 0 unspecified atom stereocenters. The van der Waals surface area contributed by atoms with Gasteiger partial charge < -0.3 is 20.1 Å². The normalized spacial score (nSPS) is 21.3. The molecular weight excluding hydrogens is 332 g/mol. The minimum Gasteiger partial charge on any atom is -0.491 e. The van der Waals surface area contributed by atoms with E-state index >= 15 is 0 Å². The van der Waals surface area contributed by atoms with E-state index in [0.717, 1.165) is 45.1 Å². The number of amides is 2. The Bertz CT molecular complexity index is 622. The smallest absolute Gasteiger partial charge is 0.246 e. The lowest BCUT2D eigenvalue weighted by molar-refractivity contribution is -0.128. The SMILES string of the molecule is C[C@H](NC(=O)C1CCCC1)C(=O)Nc1cccc(OC[C@@H]2CCCO2)c1. The van der Waals surface area contributed by atoms with Crippen molar-refractivity contribution in [1.29, 1.82) is 0 Å². The number of anilines is 1. The first-order valence-electron chi connectivity index (χ1n) is 9.57. The Hall–Kier alpha value is -2.08. The number of hydrogen-bond donors (Lipinski definition) is 2. The fourth-order valence-corrected chi connectivity index (χ4v) is 3.46. The van der Waals surface area contributed by atoms with E-state index in [-0.39, 0.29) is 23.8 Å². The van der Waals surface area contributed by atoms with Crippen LogP contribution in [0.4, 0.5) is 5.69 Å². The van der Waals surface area contributed by atoms with E-state index in [1.807, 2.05) is 18.2 Å². The second-order valence-electron chi connectivity index (χ2n) is 7.17. The highest BCUT2D eigenvalue weighted by Crippen LogP contribution is 2.25.